The molecule has 12 heteroatoms. The van der Waals surface area contributed by atoms with Crippen LogP contribution in [0.2, 0.25) is 0 Å². The summed E-state index contributed by atoms with van der Waals surface area (Å²) in [5, 5.41) is 11.6. The zero-order valence-electron chi connectivity index (χ0n) is 19.3. The smallest absolute Gasteiger partial charge is 0.396 e. The van der Waals surface area contributed by atoms with Gasteiger partial charge in [-0.25, -0.2) is 0 Å². The first kappa shape index (κ1) is 27.8. The Bertz CT molecular complexity index is 786. The molecular weight excluding hydrogens is 461 g/mol. The number of alkyl halides is 3. The van der Waals surface area contributed by atoms with Crippen LogP contribution in [-0.2, 0) is 23.7 Å². The molecule has 2 aliphatic heterocycles. The van der Waals surface area contributed by atoms with Gasteiger partial charge in [0.15, 0.2) is 0 Å². The molecule has 0 aliphatic carbocycles. The molecule has 2 aliphatic rings. The molecule has 0 aromatic heterocycles. The second kappa shape index (κ2) is 13.4. The maximum atomic E-state index is 13.4. The van der Waals surface area contributed by atoms with E-state index in [0.29, 0.717) is 32.6 Å². The maximum Gasteiger partial charge on any atom is 0.396 e. The molecule has 1 atom stereocenters. The van der Waals surface area contributed by atoms with Crippen molar-refractivity contribution in [3.8, 4) is 0 Å². The van der Waals surface area contributed by atoms with Crippen molar-refractivity contribution in [3.05, 3.63) is 33.9 Å². The molecule has 1 aromatic rings. The lowest BCUT2D eigenvalue weighted by molar-refractivity contribution is -0.384. The predicted molar refractivity (Wildman–Crippen MR) is 117 cm³/mol. The minimum absolute atomic E-state index is 0.0109. The molecule has 192 valence electrons. The van der Waals surface area contributed by atoms with Gasteiger partial charge in [-0.05, 0) is 31.4 Å². The van der Waals surface area contributed by atoms with E-state index in [1.165, 1.54) is 12.1 Å². The van der Waals surface area contributed by atoms with Gasteiger partial charge in [0, 0.05) is 31.9 Å². The highest BCUT2D eigenvalue weighted by Crippen LogP contribution is 2.41. The van der Waals surface area contributed by atoms with Gasteiger partial charge in [0.1, 0.15) is 5.69 Å². The van der Waals surface area contributed by atoms with Crippen LogP contribution in [0.1, 0.15) is 37.7 Å². The normalized spacial score (nSPS) is 17.8. The van der Waals surface area contributed by atoms with Gasteiger partial charge < -0.3 is 23.8 Å². The number of nitrogens with zero attached hydrogens (tertiary/aromatic N) is 2. The van der Waals surface area contributed by atoms with Gasteiger partial charge in [0.2, 0.25) is 0 Å². The Morgan fingerprint density at radius 2 is 1.71 bits per heavy atom. The van der Waals surface area contributed by atoms with Gasteiger partial charge in [-0.1, -0.05) is 6.07 Å². The highest BCUT2D eigenvalue weighted by Gasteiger charge is 2.43. The zero-order valence-corrected chi connectivity index (χ0v) is 19.3. The second-order valence-electron chi connectivity index (χ2n) is 7.73. The molecule has 9 nitrogen and oxygen atoms in total. The third kappa shape index (κ3) is 8.10. The average molecular weight is 492 g/mol. The minimum Gasteiger partial charge on any atom is -0.469 e. The number of nitro groups is 1. The van der Waals surface area contributed by atoms with Crippen LogP contribution in [0.25, 0.3) is 0 Å². The monoisotopic (exact) mass is 492 g/mol. The van der Waals surface area contributed by atoms with Crippen LogP contribution >= 0.6 is 0 Å². The number of hydrogen-bond acceptors (Lipinski definition) is 8. The lowest BCUT2D eigenvalue weighted by Crippen LogP contribution is -2.39. The molecule has 2 fully saturated rings. The molecule has 0 radical (unpaired) electrons. The number of ether oxygens (including phenoxy) is 4. The summed E-state index contributed by atoms with van der Waals surface area (Å²) in [6.45, 7) is 6.48. The third-order valence-electron chi connectivity index (χ3n) is 5.62. The first-order valence-corrected chi connectivity index (χ1v) is 11.1. The van der Waals surface area contributed by atoms with Crippen LogP contribution < -0.4 is 4.90 Å². The molecule has 0 amide bonds. The van der Waals surface area contributed by atoms with E-state index in [1.54, 1.807) is 0 Å². The summed E-state index contributed by atoms with van der Waals surface area (Å²) in [5.41, 5.74) is -0.483. The number of methoxy groups -OCH3 is 1. The summed E-state index contributed by atoms with van der Waals surface area (Å²) in [7, 11) is 0.994. The summed E-state index contributed by atoms with van der Waals surface area (Å²) < 4.78 is 59.9. The molecule has 2 saturated heterocycles. The topological polar surface area (TPSA) is 100 Å². The Labute approximate surface area is 196 Å². The minimum atomic E-state index is -4.74. The van der Waals surface area contributed by atoms with Crippen molar-refractivity contribution in [1.82, 2.24) is 0 Å². The van der Waals surface area contributed by atoms with Crippen LogP contribution in [0.4, 0.5) is 24.5 Å². The number of hydrogen-bond donors (Lipinski definition) is 0. The Hall–Kier alpha value is -2.44. The summed E-state index contributed by atoms with van der Waals surface area (Å²) in [6, 6.07) is 3.46. The van der Waals surface area contributed by atoms with Crippen LogP contribution in [0.15, 0.2) is 18.2 Å². The Kier molecular flexibility index (Phi) is 11.0. The Morgan fingerprint density at radius 3 is 2.15 bits per heavy atom. The van der Waals surface area contributed by atoms with Gasteiger partial charge in [-0.2, -0.15) is 13.2 Å². The van der Waals surface area contributed by atoms with Gasteiger partial charge in [-0.3, -0.25) is 14.9 Å². The Morgan fingerprint density at radius 1 is 1.15 bits per heavy atom. The first-order valence-electron chi connectivity index (χ1n) is 11.1. The zero-order chi connectivity index (χ0) is 25.1. The third-order valence-corrected chi connectivity index (χ3v) is 5.62. The number of nitro benzene ring substituents is 1. The summed E-state index contributed by atoms with van der Waals surface area (Å²) in [5.74, 6) is -3.21. The molecule has 0 bridgehead atoms. The summed E-state index contributed by atoms with van der Waals surface area (Å²) >= 11 is 0. The van der Waals surface area contributed by atoms with Crippen LogP contribution in [0.3, 0.4) is 0 Å². The molecule has 34 heavy (non-hydrogen) atoms. The lowest BCUT2D eigenvalue weighted by Gasteiger charge is -2.35. The van der Waals surface area contributed by atoms with Gasteiger partial charge in [0.25, 0.3) is 5.69 Å². The van der Waals surface area contributed by atoms with E-state index in [9.17, 15) is 28.1 Å². The molecule has 0 unspecified atom stereocenters. The molecule has 0 N–H and O–H groups in total. The maximum absolute atomic E-state index is 13.4. The van der Waals surface area contributed by atoms with Crippen molar-refractivity contribution in [3.63, 3.8) is 0 Å². The largest absolute Gasteiger partial charge is 0.469 e. The Balaban J connectivity index is 0.000000589. The lowest BCUT2D eigenvalue weighted by atomic mass is 9.93. The number of anilines is 1. The number of carbonyl (C=O) groups excluding carboxylic acids is 1. The number of carbonyl (C=O) groups is 1. The van der Waals surface area contributed by atoms with Gasteiger partial charge in [0.05, 0.1) is 50.8 Å². The fourth-order valence-corrected chi connectivity index (χ4v) is 3.88. The second-order valence-corrected chi connectivity index (χ2v) is 7.73. The number of benzene rings is 1. The van der Waals surface area contributed by atoms with Gasteiger partial charge >= 0.3 is 12.1 Å². The quantitative estimate of drug-likeness (QED) is 0.322. The van der Waals surface area contributed by atoms with E-state index in [-0.39, 0.29) is 17.3 Å². The molecule has 2 heterocycles. The molecule has 0 saturated carbocycles. The van der Waals surface area contributed by atoms with Crippen LogP contribution in [-0.4, -0.2) is 76.4 Å². The van der Waals surface area contributed by atoms with Gasteiger partial charge in [-0.15, -0.1) is 0 Å². The van der Waals surface area contributed by atoms with Crippen molar-refractivity contribution in [1.29, 1.82) is 0 Å². The van der Waals surface area contributed by atoms with Crippen molar-refractivity contribution < 1.29 is 41.8 Å². The van der Waals surface area contributed by atoms with E-state index < -0.39 is 35.1 Å². The van der Waals surface area contributed by atoms with E-state index >= 15 is 0 Å². The average Bonchev–Trinajstić information content (AvgIpc) is 2.84. The van der Waals surface area contributed by atoms with Crippen molar-refractivity contribution >= 4 is 17.3 Å². The van der Waals surface area contributed by atoms with Crippen LogP contribution in [0, 0.1) is 10.1 Å². The summed E-state index contributed by atoms with van der Waals surface area (Å²) in [6.07, 6.45) is -4.32. The fraction of sp³-hybridized carbons (Fsp3) is 0.682. The van der Waals surface area contributed by atoms with E-state index in [0.717, 1.165) is 39.6 Å². The number of rotatable bonds is 7. The fourth-order valence-electron chi connectivity index (χ4n) is 3.88. The molecule has 3 rings (SSSR count). The number of halogens is 3. The van der Waals surface area contributed by atoms with E-state index in [1.807, 2.05) is 11.8 Å². The molecular formula is C22H31F3N2O7. The highest BCUT2D eigenvalue weighted by atomic mass is 19.4. The first-order chi connectivity index (χ1) is 16.2. The van der Waals surface area contributed by atoms with Crippen molar-refractivity contribution in [2.75, 3.05) is 58.2 Å². The highest BCUT2D eigenvalue weighted by molar-refractivity contribution is 5.71. The molecule has 1 aromatic carbocycles. The number of esters is 1. The summed E-state index contributed by atoms with van der Waals surface area (Å²) in [4.78, 5) is 24.2. The predicted octanol–water partition coefficient (Wildman–Crippen LogP) is 3.84. The van der Waals surface area contributed by atoms with E-state index in [4.69, 9.17) is 14.2 Å². The molecule has 0 spiro atoms. The van der Waals surface area contributed by atoms with Crippen molar-refractivity contribution in [2.45, 2.75) is 44.3 Å². The standard InChI is InChI=1S/C18H23F3N2O5.C4H8O2/c1-3-22(13-6-8-28-9-7-13)15-5-4-12(10-16(15)23(25)26)14(18(19,20)21)11-17(24)27-2;1-2-6-4-3-5-1/h4-5,10,13-14H,3,6-9,11H2,1-2H3;1-4H2/t14-;/m0./s1. The van der Waals surface area contributed by atoms with E-state index in [2.05, 4.69) is 4.74 Å². The SMILES string of the molecule is C1COCCO1.CCN(c1ccc([C@H](CC(=O)OC)C(F)(F)F)cc1[N+](=O)[O-])C1CCOCC1. The van der Waals surface area contributed by atoms with Crippen LogP contribution in [0.5, 0.6) is 0 Å². The van der Waals surface area contributed by atoms with Crippen molar-refractivity contribution in [2.24, 2.45) is 0 Å².